The molecule has 2 N–H and O–H groups in total. The molecule has 2 rings (SSSR count). The van der Waals surface area contributed by atoms with Crippen LogP contribution in [0, 0.1) is 18.6 Å². The first kappa shape index (κ1) is 18.9. The quantitative estimate of drug-likeness (QED) is 0.587. The van der Waals surface area contributed by atoms with Crippen LogP contribution in [0.25, 0.3) is 0 Å². The second-order valence-corrected chi connectivity index (χ2v) is 6.49. The minimum atomic E-state index is -0.965. The molecule has 0 saturated carbocycles. The number of aryl methyl sites for hydroxylation is 1. The van der Waals surface area contributed by atoms with Crippen LogP contribution in [0.15, 0.2) is 47.4 Å². The highest BCUT2D eigenvalue weighted by Crippen LogP contribution is 2.17. The van der Waals surface area contributed by atoms with E-state index in [-0.39, 0.29) is 18.0 Å². The first-order valence-electron chi connectivity index (χ1n) is 7.65. The van der Waals surface area contributed by atoms with Gasteiger partial charge in [-0.3, -0.25) is 9.59 Å². The van der Waals surface area contributed by atoms with Gasteiger partial charge in [-0.05, 0) is 31.2 Å². The molecular weight excluding hydrogens is 346 g/mol. The fourth-order valence-electron chi connectivity index (χ4n) is 1.99. The molecule has 0 bridgehead atoms. The maximum atomic E-state index is 13.5. The van der Waals surface area contributed by atoms with E-state index in [1.807, 2.05) is 31.2 Å². The minimum absolute atomic E-state index is 0.273. The van der Waals surface area contributed by atoms with E-state index in [0.717, 1.165) is 17.0 Å². The molecule has 0 aliphatic heterocycles. The standard InChI is InChI=1S/C18H18F2N2O2S/c1-12-2-5-14(6-3-12)25-9-8-21-17(23)11-22-18(24)15-7-4-13(19)10-16(15)20/h2-7,10H,8-9,11H2,1H3,(H,21,23)(H,22,24). The van der Waals surface area contributed by atoms with Gasteiger partial charge in [-0.1, -0.05) is 17.7 Å². The smallest absolute Gasteiger partial charge is 0.254 e. The van der Waals surface area contributed by atoms with E-state index in [1.54, 1.807) is 11.8 Å². The van der Waals surface area contributed by atoms with Crippen LogP contribution in [0.1, 0.15) is 15.9 Å². The van der Waals surface area contributed by atoms with E-state index in [0.29, 0.717) is 18.4 Å². The maximum Gasteiger partial charge on any atom is 0.254 e. The first-order valence-corrected chi connectivity index (χ1v) is 8.63. The Labute approximate surface area is 149 Å². The average Bonchev–Trinajstić information content (AvgIpc) is 2.58. The zero-order valence-electron chi connectivity index (χ0n) is 13.6. The Hall–Kier alpha value is -2.41. The van der Waals surface area contributed by atoms with Gasteiger partial charge in [-0.25, -0.2) is 8.78 Å². The zero-order valence-corrected chi connectivity index (χ0v) is 14.5. The molecule has 0 fully saturated rings. The topological polar surface area (TPSA) is 58.2 Å². The number of benzene rings is 2. The van der Waals surface area contributed by atoms with Crippen molar-refractivity contribution in [2.45, 2.75) is 11.8 Å². The summed E-state index contributed by atoms with van der Waals surface area (Å²) in [6.07, 6.45) is 0. The van der Waals surface area contributed by atoms with Crippen molar-refractivity contribution in [1.82, 2.24) is 10.6 Å². The van der Waals surface area contributed by atoms with Crippen molar-refractivity contribution in [3.8, 4) is 0 Å². The van der Waals surface area contributed by atoms with Crippen LogP contribution in [-0.2, 0) is 4.79 Å². The molecule has 25 heavy (non-hydrogen) atoms. The van der Waals surface area contributed by atoms with Crippen molar-refractivity contribution in [3.63, 3.8) is 0 Å². The van der Waals surface area contributed by atoms with Gasteiger partial charge in [0, 0.05) is 23.3 Å². The van der Waals surface area contributed by atoms with Crippen LogP contribution in [0.3, 0.4) is 0 Å². The van der Waals surface area contributed by atoms with Crippen molar-refractivity contribution in [1.29, 1.82) is 0 Å². The van der Waals surface area contributed by atoms with E-state index in [4.69, 9.17) is 0 Å². The highest BCUT2D eigenvalue weighted by Gasteiger charge is 2.13. The largest absolute Gasteiger partial charge is 0.354 e. The second-order valence-electron chi connectivity index (χ2n) is 5.32. The highest BCUT2D eigenvalue weighted by atomic mass is 32.2. The molecule has 0 atom stereocenters. The third-order valence-corrected chi connectivity index (χ3v) is 4.31. The molecule has 7 heteroatoms. The predicted octanol–water partition coefficient (Wildman–Crippen LogP) is 2.91. The fourth-order valence-corrected chi connectivity index (χ4v) is 2.75. The van der Waals surface area contributed by atoms with E-state index >= 15 is 0 Å². The number of thioether (sulfide) groups is 1. The van der Waals surface area contributed by atoms with E-state index in [2.05, 4.69) is 10.6 Å². The molecule has 0 spiro atoms. The number of hydrogen-bond acceptors (Lipinski definition) is 3. The summed E-state index contributed by atoms with van der Waals surface area (Å²) in [5.74, 6) is -2.18. The number of hydrogen-bond donors (Lipinski definition) is 2. The van der Waals surface area contributed by atoms with E-state index in [9.17, 15) is 18.4 Å². The van der Waals surface area contributed by atoms with Gasteiger partial charge in [-0.2, -0.15) is 0 Å². The molecule has 2 aromatic carbocycles. The summed E-state index contributed by atoms with van der Waals surface area (Å²) in [5, 5.41) is 4.97. The van der Waals surface area contributed by atoms with Crippen LogP contribution in [0.2, 0.25) is 0 Å². The van der Waals surface area contributed by atoms with Crippen molar-refractivity contribution < 1.29 is 18.4 Å². The Balaban J connectivity index is 1.68. The molecule has 2 amide bonds. The maximum absolute atomic E-state index is 13.5. The number of rotatable bonds is 7. The lowest BCUT2D eigenvalue weighted by Crippen LogP contribution is -2.38. The monoisotopic (exact) mass is 364 g/mol. The van der Waals surface area contributed by atoms with Crippen molar-refractivity contribution in [2.75, 3.05) is 18.8 Å². The van der Waals surface area contributed by atoms with Gasteiger partial charge in [0.2, 0.25) is 5.91 Å². The van der Waals surface area contributed by atoms with Crippen molar-refractivity contribution in [3.05, 3.63) is 65.2 Å². The van der Waals surface area contributed by atoms with Gasteiger partial charge in [0.15, 0.2) is 0 Å². The summed E-state index contributed by atoms with van der Waals surface area (Å²) in [6, 6.07) is 10.7. The lowest BCUT2D eigenvalue weighted by atomic mass is 10.2. The van der Waals surface area contributed by atoms with Gasteiger partial charge in [0.1, 0.15) is 11.6 Å². The molecule has 0 aliphatic carbocycles. The summed E-state index contributed by atoms with van der Waals surface area (Å²) < 4.78 is 26.3. The highest BCUT2D eigenvalue weighted by molar-refractivity contribution is 7.99. The fraction of sp³-hybridized carbons (Fsp3) is 0.222. The number of carbonyl (C=O) groups excluding carboxylic acids is 2. The van der Waals surface area contributed by atoms with Gasteiger partial charge < -0.3 is 10.6 Å². The molecule has 132 valence electrons. The SMILES string of the molecule is Cc1ccc(SCCNC(=O)CNC(=O)c2ccc(F)cc2F)cc1. The molecule has 2 aromatic rings. The van der Waals surface area contributed by atoms with Gasteiger partial charge in [-0.15, -0.1) is 11.8 Å². The molecule has 4 nitrogen and oxygen atoms in total. The van der Waals surface area contributed by atoms with E-state index < -0.39 is 17.5 Å². The molecular formula is C18H18F2N2O2S. The van der Waals surface area contributed by atoms with Crippen LogP contribution in [-0.4, -0.2) is 30.7 Å². The molecule has 0 aromatic heterocycles. The number of amides is 2. The van der Waals surface area contributed by atoms with Crippen LogP contribution < -0.4 is 10.6 Å². The van der Waals surface area contributed by atoms with Gasteiger partial charge in [0.25, 0.3) is 5.91 Å². The zero-order chi connectivity index (χ0) is 18.2. The summed E-state index contributed by atoms with van der Waals surface area (Å²) in [6.45, 7) is 2.18. The number of carbonyl (C=O) groups is 2. The number of halogens is 2. The molecule has 0 saturated heterocycles. The first-order chi connectivity index (χ1) is 12.0. The van der Waals surface area contributed by atoms with Crippen molar-refractivity contribution in [2.24, 2.45) is 0 Å². The van der Waals surface area contributed by atoms with Gasteiger partial charge >= 0.3 is 0 Å². The lowest BCUT2D eigenvalue weighted by molar-refractivity contribution is -0.120. The van der Waals surface area contributed by atoms with E-state index in [1.165, 1.54) is 5.56 Å². The summed E-state index contributed by atoms with van der Waals surface area (Å²) in [5.41, 5.74) is 0.884. The Morgan fingerprint density at radius 3 is 2.44 bits per heavy atom. The summed E-state index contributed by atoms with van der Waals surface area (Å²) in [4.78, 5) is 24.6. The predicted molar refractivity (Wildman–Crippen MR) is 93.6 cm³/mol. The third-order valence-electron chi connectivity index (χ3n) is 3.30. The molecule has 0 aliphatic rings. The Kier molecular flexibility index (Phi) is 6.94. The van der Waals surface area contributed by atoms with Crippen molar-refractivity contribution >= 4 is 23.6 Å². The summed E-state index contributed by atoms with van der Waals surface area (Å²) >= 11 is 1.61. The van der Waals surface area contributed by atoms with Crippen LogP contribution in [0.4, 0.5) is 8.78 Å². The van der Waals surface area contributed by atoms with Crippen LogP contribution in [0.5, 0.6) is 0 Å². The molecule has 0 unspecified atom stereocenters. The lowest BCUT2D eigenvalue weighted by Gasteiger charge is -2.08. The normalized spacial score (nSPS) is 10.4. The number of nitrogens with one attached hydrogen (secondary N) is 2. The molecule has 0 heterocycles. The van der Waals surface area contributed by atoms with Crippen LogP contribution >= 0.6 is 11.8 Å². The Bertz CT molecular complexity index is 751. The average molecular weight is 364 g/mol. The summed E-state index contributed by atoms with van der Waals surface area (Å²) in [7, 11) is 0. The van der Waals surface area contributed by atoms with Gasteiger partial charge in [0.05, 0.1) is 12.1 Å². The second kappa shape index (κ2) is 9.17. The Morgan fingerprint density at radius 1 is 1.04 bits per heavy atom. The Morgan fingerprint density at radius 2 is 1.76 bits per heavy atom. The third kappa shape index (κ3) is 6.19. The molecule has 0 radical (unpaired) electrons. The minimum Gasteiger partial charge on any atom is -0.354 e.